The van der Waals surface area contributed by atoms with Gasteiger partial charge in [0.05, 0.1) is 31.1 Å². The van der Waals surface area contributed by atoms with E-state index in [1.54, 1.807) is 23.7 Å². The molecule has 0 atom stereocenters. The van der Waals surface area contributed by atoms with E-state index in [9.17, 15) is 9.18 Å². The first-order valence-electron chi connectivity index (χ1n) is 7.93. The summed E-state index contributed by atoms with van der Waals surface area (Å²) in [6, 6.07) is 8.72. The lowest BCUT2D eigenvalue weighted by Crippen LogP contribution is -2.13. The maximum Gasteiger partial charge on any atom is 0.255 e. The van der Waals surface area contributed by atoms with Crippen LogP contribution in [0.15, 0.2) is 47.3 Å². The van der Waals surface area contributed by atoms with E-state index in [1.807, 2.05) is 5.38 Å². The molecule has 0 aliphatic heterocycles. The highest BCUT2D eigenvalue weighted by Crippen LogP contribution is 2.30. The number of nitrogens with one attached hydrogen (secondary N) is 1. The SMILES string of the molecule is COc1cc(F)ccc1NC(=O)c1ccc(OCc2cscn2)c(OC)c1. The highest BCUT2D eigenvalue weighted by Gasteiger charge is 2.14. The number of aromatic nitrogens is 1. The van der Waals surface area contributed by atoms with Crippen LogP contribution < -0.4 is 19.5 Å². The Morgan fingerprint density at radius 3 is 2.63 bits per heavy atom. The summed E-state index contributed by atoms with van der Waals surface area (Å²) in [5.41, 5.74) is 3.27. The van der Waals surface area contributed by atoms with Gasteiger partial charge < -0.3 is 19.5 Å². The standard InChI is InChI=1S/C19H17FN2O4S/c1-24-17-8-13(20)4-5-15(17)22-19(23)12-3-6-16(18(7-12)25-2)26-9-14-10-27-11-21-14/h3-8,10-11H,9H2,1-2H3,(H,22,23). The molecule has 6 nitrogen and oxygen atoms in total. The summed E-state index contributed by atoms with van der Waals surface area (Å²) in [5.74, 6) is 0.321. The Labute approximate surface area is 159 Å². The van der Waals surface area contributed by atoms with Crippen molar-refractivity contribution in [2.75, 3.05) is 19.5 Å². The predicted octanol–water partition coefficient (Wildman–Crippen LogP) is 4.13. The molecule has 140 valence electrons. The van der Waals surface area contributed by atoms with Crippen LogP contribution in [-0.4, -0.2) is 25.1 Å². The maximum absolute atomic E-state index is 13.3. The summed E-state index contributed by atoms with van der Waals surface area (Å²) >= 11 is 1.49. The van der Waals surface area contributed by atoms with Gasteiger partial charge in [-0.25, -0.2) is 9.37 Å². The molecule has 1 heterocycles. The van der Waals surface area contributed by atoms with Gasteiger partial charge in [0, 0.05) is 17.0 Å². The Bertz CT molecular complexity index is 931. The molecule has 0 saturated carbocycles. The van der Waals surface area contributed by atoms with E-state index < -0.39 is 5.82 Å². The highest BCUT2D eigenvalue weighted by atomic mass is 32.1. The lowest BCUT2D eigenvalue weighted by molar-refractivity contribution is 0.102. The number of halogens is 1. The number of carbonyl (C=O) groups excluding carboxylic acids is 1. The monoisotopic (exact) mass is 388 g/mol. The van der Waals surface area contributed by atoms with Crippen molar-refractivity contribution in [1.29, 1.82) is 0 Å². The summed E-state index contributed by atoms with van der Waals surface area (Å²) in [4.78, 5) is 16.7. The van der Waals surface area contributed by atoms with E-state index in [2.05, 4.69) is 10.3 Å². The van der Waals surface area contributed by atoms with Gasteiger partial charge in [0.15, 0.2) is 11.5 Å². The molecule has 0 spiro atoms. The van der Waals surface area contributed by atoms with E-state index >= 15 is 0 Å². The second kappa shape index (κ2) is 8.50. The maximum atomic E-state index is 13.3. The Hall–Kier alpha value is -3.13. The molecule has 0 radical (unpaired) electrons. The van der Waals surface area contributed by atoms with Crippen LogP contribution in [-0.2, 0) is 6.61 Å². The van der Waals surface area contributed by atoms with Crippen LogP contribution in [0.2, 0.25) is 0 Å². The number of nitrogens with zero attached hydrogens (tertiary/aromatic N) is 1. The van der Waals surface area contributed by atoms with Crippen molar-refractivity contribution in [3.63, 3.8) is 0 Å². The number of hydrogen-bond donors (Lipinski definition) is 1. The van der Waals surface area contributed by atoms with Crippen molar-refractivity contribution in [2.45, 2.75) is 6.61 Å². The number of amides is 1. The van der Waals surface area contributed by atoms with Gasteiger partial charge in [-0.15, -0.1) is 11.3 Å². The quantitative estimate of drug-likeness (QED) is 0.659. The van der Waals surface area contributed by atoms with Crippen LogP contribution in [0, 0.1) is 5.82 Å². The smallest absolute Gasteiger partial charge is 0.255 e. The molecule has 0 aliphatic rings. The lowest BCUT2D eigenvalue weighted by atomic mass is 10.1. The molecule has 3 rings (SSSR count). The minimum absolute atomic E-state index is 0.235. The van der Waals surface area contributed by atoms with Gasteiger partial charge in [-0.05, 0) is 30.3 Å². The van der Waals surface area contributed by atoms with E-state index in [-0.39, 0.29) is 11.7 Å². The van der Waals surface area contributed by atoms with Crippen LogP contribution in [0.4, 0.5) is 10.1 Å². The third-order valence-electron chi connectivity index (χ3n) is 3.70. The molecule has 3 aromatic rings. The highest BCUT2D eigenvalue weighted by molar-refractivity contribution is 7.07. The molecule has 27 heavy (non-hydrogen) atoms. The molecule has 0 unspecified atom stereocenters. The Balaban J connectivity index is 1.75. The van der Waals surface area contributed by atoms with E-state index in [0.29, 0.717) is 29.4 Å². The van der Waals surface area contributed by atoms with Gasteiger partial charge in [-0.1, -0.05) is 0 Å². The summed E-state index contributed by atoms with van der Waals surface area (Å²) in [6.45, 7) is 0.304. The zero-order chi connectivity index (χ0) is 19.2. The number of ether oxygens (including phenoxy) is 3. The second-order valence-electron chi connectivity index (χ2n) is 5.43. The van der Waals surface area contributed by atoms with Gasteiger partial charge >= 0.3 is 0 Å². The van der Waals surface area contributed by atoms with Crippen molar-refractivity contribution >= 4 is 22.9 Å². The third kappa shape index (κ3) is 4.53. The number of anilines is 1. The van der Waals surface area contributed by atoms with Gasteiger partial charge in [-0.2, -0.15) is 0 Å². The summed E-state index contributed by atoms with van der Waals surface area (Å²) in [6.07, 6.45) is 0. The number of rotatable bonds is 7. The number of carbonyl (C=O) groups is 1. The van der Waals surface area contributed by atoms with Crippen molar-refractivity contribution in [1.82, 2.24) is 4.98 Å². The fourth-order valence-electron chi connectivity index (χ4n) is 2.35. The largest absolute Gasteiger partial charge is 0.494 e. The van der Waals surface area contributed by atoms with Gasteiger partial charge in [-0.3, -0.25) is 4.79 Å². The molecule has 8 heteroatoms. The van der Waals surface area contributed by atoms with E-state index in [0.717, 1.165) is 5.69 Å². The van der Waals surface area contributed by atoms with E-state index in [1.165, 1.54) is 43.8 Å². The molecular formula is C19H17FN2O4S. The third-order valence-corrected chi connectivity index (χ3v) is 4.33. The molecular weight excluding hydrogens is 371 g/mol. The molecule has 1 aromatic heterocycles. The summed E-state index contributed by atoms with van der Waals surface area (Å²) in [7, 11) is 2.90. The van der Waals surface area contributed by atoms with Crippen LogP contribution in [0.1, 0.15) is 16.1 Å². The van der Waals surface area contributed by atoms with Crippen molar-refractivity contribution in [3.8, 4) is 17.2 Å². The molecule has 2 aromatic carbocycles. The van der Waals surface area contributed by atoms with E-state index in [4.69, 9.17) is 14.2 Å². The molecule has 0 bridgehead atoms. The lowest BCUT2D eigenvalue weighted by Gasteiger charge is -2.13. The minimum atomic E-state index is -0.451. The normalized spacial score (nSPS) is 10.3. The minimum Gasteiger partial charge on any atom is -0.494 e. The fourth-order valence-corrected chi connectivity index (χ4v) is 2.89. The van der Waals surface area contributed by atoms with Crippen molar-refractivity contribution in [2.24, 2.45) is 0 Å². The number of hydrogen-bond acceptors (Lipinski definition) is 6. The van der Waals surface area contributed by atoms with Gasteiger partial charge in [0.1, 0.15) is 18.2 Å². The predicted molar refractivity (Wildman–Crippen MR) is 100 cm³/mol. The fraction of sp³-hybridized carbons (Fsp3) is 0.158. The first-order chi connectivity index (χ1) is 13.1. The number of methoxy groups -OCH3 is 2. The molecule has 0 fully saturated rings. The van der Waals surface area contributed by atoms with Crippen molar-refractivity contribution < 1.29 is 23.4 Å². The van der Waals surface area contributed by atoms with Crippen LogP contribution in [0.3, 0.4) is 0 Å². The van der Waals surface area contributed by atoms with Crippen molar-refractivity contribution in [3.05, 3.63) is 64.4 Å². The molecule has 0 aliphatic carbocycles. The first kappa shape index (κ1) is 18.7. The second-order valence-corrected chi connectivity index (χ2v) is 6.15. The average Bonchev–Trinajstić information content (AvgIpc) is 3.21. The Morgan fingerprint density at radius 1 is 1.11 bits per heavy atom. The summed E-state index contributed by atoms with van der Waals surface area (Å²) in [5, 5.41) is 4.59. The first-order valence-corrected chi connectivity index (χ1v) is 8.87. The zero-order valence-electron chi connectivity index (χ0n) is 14.7. The van der Waals surface area contributed by atoms with Crippen LogP contribution in [0.5, 0.6) is 17.2 Å². The topological polar surface area (TPSA) is 69.7 Å². The number of benzene rings is 2. The van der Waals surface area contributed by atoms with Crippen LogP contribution in [0.25, 0.3) is 0 Å². The zero-order valence-corrected chi connectivity index (χ0v) is 15.5. The molecule has 1 amide bonds. The molecule has 0 saturated heterocycles. The van der Waals surface area contributed by atoms with Gasteiger partial charge in [0.25, 0.3) is 5.91 Å². The van der Waals surface area contributed by atoms with Crippen LogP contribution >= 0.6 is 11.3 Å². The molecule has 1 N–H and O–H groups in total. The summed E-state index contributed by atoms with van der Waals surface area (Å²) < 4.78 is 29.4. The average molecular weight is 388 g/mol. The Morgan fingerprint density at radius 2 is 1.93 bits per heavy atom. The Kier molecular flexibility index (Phi) is 5.87. The van der Waals surface area contributed by atoms with Gasteiger partial charge in [0.2, 0.25) is 0 Å². The number of thiazole rings is 1.